The average molecular weight is 459 g/mol. The van der Waals surface area contributed by atoms with Crippen LogP contribution in [0.2, 0.25) is 0 Å². The van der Waals surface area contributed by atoms with Crippen molar-refractivity contribution in [1.29, 1.82) is 0 Å². The van der Waals surface area contributed by atoms with E-state index in [0.29, 0.717) is 5.75 Å². The first-order valence-corrected chi connectivity index (χ1v) is 11.9. The van der Waals surface area contributed by atoms with Gasteiger partial charge in [0.15, 0.2) is 0 Å². The molecule has 0 spiro atoms. The van der Waals surface area contributed by atoms with Crippen molar-refractivity contribution in [3.05, 3.63) is 48.0 Å². The number of benzene rings is 2. The molecule has 0 unspecified atom stereocenters. The fourth-order valence-electron chi connectivity index (χ4n) is 3.26. The number of ether oxygens (including phenoxy) is 1. The third kappa shape index (κ3) is 10.3. The standard InChI is InChI=1S/C23H32O5S.K/c1-2-3-4-5-6-7-8-9-10-12-19-13-11-14-20(17-19)28-23-16-15-21(18-22(23)24)29(25,26)27;/h11,13-18,24H,2-10,12H2,1H3,(H,25,26,27);/q;+1/p-1. The Balaban J connectivity index is 0.00000450. The first kappa shape index (κ1) is 27.6. The molecule has 5 nitrogen and oxygen atoms in total. The molecule has 0 amide bonds. The second-order valence-corrected chi connectivity index (χ2v) is 8.83. The maximum Gasteiger partial charge on any atom is 1.00 e. The van der Waals surface area contributed by atoms with Crippen molar-refractivity contribution in [3.8, 4) is 17.2 Å². The Morgan fingerprint density at radius 2 is 1.53 bits per heavy atom. The van der Waals surface area contributed by atoms with Gasteiger partial charge in [-0.1, -0.05) is 76.2 Å². The van der Waals surface area contributed by atoms with Crippen molar-refractivity contribution in [1.82, 2.24) is 0 Å². The van der Waals surface area contributed by atoms with E-state index in [9.17, 15) is 13.5 Å². The Kier molecular flexibility index (Phi) is 13.5. The summed E-state index contributed by atoms with van der Waals surface area (Å²) in [4.78, 5) is -0.436. The predicted molar refractivity (Wildman–Crippen MR) is 113 cm³/mol. The van der Waals surface area contributed by atoms with Crippen molar-refractivity contribution in [2.75, 3.05) is 0 Å². The van der Waals surface area contributed by atoms with Crippen LogP contribution in [0.1, 0.15) is 70.3 Å². The van der Waals surface area contributed by atoms with Gasteiger partial charge < -0.3 is 9.84 Å². The summed E-state index contributed by atoms with van der Waals surface area (Å²) in [5.41, 5.74) is 1.15. The van der Waals surface area contributed by atoms with Gasteiger partial charge in [0.25, 0.3) is 10.1 Å². The van der Waals surface area contributed by atoms with E-state index in [1.165, 1.54) is 57.4 Å². The van der Waals surface area contributed by atoms with Crippen LogP contribution in [0.5, 0.6) is 17.2 Å². The molecule has 0 aliphatic rings. The Bertz CT molecular complexity index is 868. The van der Waals surface area contributed by atoms with E-state index in [2.05, 4.69) is 6.92 Å². The molecule has 30 heavy (non-hydrogen) atoms. The van der Waals surface area contributed by atoms with Crippen LogP contribution in [0.25, 0.3) is 0 Å². The largest absolute Gasteiger partial charge is 1.00 e. The SMILES string of the molecule is CCCCCCCCCCCc1cccc(Oc2ccc(S(=O)(=O)O)cc2[O-])c1.[K+]. The van der Waals surface area contributed by atoms with Crippen LogP contribution in [0.4, 0.5) is 0 Å². The average Bonchev–Trinajstić information content (AvgIpc) is 2.68. The predicted octanol–water partition coefficient (Wildman–Crippen LogP) is 2.88. The molecule has 1 N–H and O–H groups in total. The molecule has 0 saturated heterocycles. The zero-order valence-electron chi connectivity index (χ0n) is 18.1. The Morgan fingerprint density at radius 1 is 0.900 bits per heavy atom. The van der Waals surface area contributed by atoms with Crippen molar-refractivity contribution in [2.24, 2.45) is 0 Å². The molecule has 0 radical (unpaired) electrons. The first-order chi connectivity index (χ1) is 13.9. The maximum atomic E-state index is 12.0. The van der Waals surface area contributed by atoms with E-state index in [0.717, 1.165) is 30.5 Å². The molecule has 0 aliphatic carbocycles. The van der Waals surface area contributed by atoms with Crippen LogP contribution in [-0.2, 0) is 16.5 Å². The summed E-state index contributed by atoms with van der Waals surface area (Å²) in [7, 11) is -4.40. The zero-order valence-corrected chi connectivity index (χ0v) is 22.0. The topological polar surface area (TPSA) is 86.7 Å². The second kappa shape index (κ2) is 14.6. The molecule has 0 fully saturated rings. The van der Waals surface area contributed by atoms with E-state index in [1.807, 2.05) is 18.2 Å². The molecule has 0 aromatic heterocycles. The van der Waals surface area contributed by atoms with Crippen molar-refractivity contribution in [3.63, 3.8) is 0 Å². The molecule has 0 heterocycles. The Hall–Kier alpha value is -0.414. The molecule has 2 rings (SSSR count). The summed E-state index contributed by atoms with van der Waals surface area (Å²) in [5, 5.41) is 12.0. The number of aryl methyl sites for hydroxylation is 1. The molecule has 2 aromatic carbocycles. The van der Waals surface area contributed by atoms with Crippen molar-refractivity contribution < 1.29 is 74.2 Å². The normalized spacial score (nSPS) is 11.1. The molecule has 0 bridgehead atoms. The monoisotopic (exact) mass is 458 g/mol. The van der Waals surface area contributed by atoms with Crippen LogP contribution >= 0.6 is 0 Å². The Morgan fingerprint density at radius 3 is 2.13 bits per heavy atom. The van der Waals surface area contributed by atoms with Crippen molar-refractivity contribution >= 4 is 10.1 Å². The molecule has 0 saturated carbocycles. The number of hydrogen-bond acceptors (Lipinski definition) is 4. The van der Waals surface area contributed by atoms with Crippen LogP contribution in [0.15, 0.2) is 47.4 Å². The summed E-state index contributed by atoms with van der Waals surface area (Å²) >= 11 is 0. The maximum absolute atomic E-state index is 12.0. The summed E-state index contributed by atoms with van der Waals surface area (Å²) in [5.74, 6) is -0.0304. The van der Waals surface area contributed by atoms with Crippen LogP contribution < -0.4 is 61.2 Å². The molecule has 2 aromatic rings. The van der Waals surface area contributed by atoms with E-state index < -0.39 is 20.8 Å². The van der Waals surface area contributed by atoms with Crippen molar-refractivity contribution in [2.45, 2.75) is 76.0 Å². The summed E-state index contributed by atoms with van der Waals surface area (Å²) in [6, 6.07) is 10.9. The fraction of sp³-hybridized carbons (Fsp3) is 0.478. The molecule has 0 atom stereocenters. The molecule has 0 aliphatic heterocycles. The first-order valence-electron chi connectivity index (χ1n) is 10.5. The van der Waals surface area contributed by atoms with Gasteiger partial charge in [-0.3, -0.25) is 4.55 Å². The van der Waals surface area contributed by atoms with Crippen LogP contribution in [0.3, 0.4) is 0 Å². The van der Waals surface area contributed by atoms with Gasteiger partial charge in [0.2, 0.25) is 0 Å². The number of rotatable bonds is 13. The van der Waals surface area contributed by atoms with Gasteiger partial charge >= 0.3 is 51.4 Å². The van der Waals surface area contributed by atoms with Gasteiger partial charge in [0, 0.05) is 0 Å². The quantitative estimate of drug-likeness (QED) is 0.283. The van der Waals surface area contributed by atoms with Crippen LogP contribution in [0, 0.1) is 0 Å². The zero-order chi connectivity index (χ0) is 21.1. The van der Waals surface area contributed by atoms with Gasteiger partial charge in [-0.25, -0.2) is 0 Å². The summed E-state index contributed by atoms with van der Waals surface area (Å²) in [6.45, 7) is 2.24. The third-order valence-corrected chi connectivity index (χ3v) is 5.76. The minimum absolute atomic E-state index is 0. The molecule has 160 valence electrons. The third-order valence-electron chi connectivity index (χ3n) is 4.91. The smallest absolute Gasteiger partial charge is 0.870 e. The van der Waals surface area contributed by atoms with Gasteiger partial charge in [0.1, 0.15) is 11.5 Å². The minimum atomic E-state index is -4.40. The van der Waals surface area contributed by atoms with E-state index in [4.69, 9.17) is 9.29 Å². The van der Waals surface area contributed by atoms with Gasteiger partial charge in [-0.15, -0.1) is 0 Å². The summed E-state index contributed by atoms with van der Waals surface area (Å²) < 4.78 is 36.8. The number of unbranched alkanes of at least 4 members (excludes halogenated alkanes) is 8. The van der Waals surface area contributed by atoms with E-state index >= 15 is 0 Å². The molecular weight excluding hydrogens is 427 g/mol. The molecule has 7 heteroatoms. The fourth-order valence-corrected chi connectivity index (χ4v) is 3.76. The molecular formula is C23H31KO5S. The second-order valence-electron chi connectivity index (χ2n) is 7.41. The Labute approximate surface area is 223 Å². The van der Waals surface area contributed by atoms with Gasteiger partial charge in [-0.2, -0.15) is 8.42 Å². The van der Waals surface area contributed by atoms with Gasteiger partial charge in [-0.05, 0) is 48.7 Å². The minimum Gasteiger partial charge on any atom is -0.870 e. The van der Waals surface area contributed by atoms with Crippen LogP contribution in [-0.4, -0.2) is 13.0 Å². The van der Waals surface area contributed by atoms with E-state index in [1.54, 1.807) is 6.07 Å². The number of hydrogen-bond donors (Lipinski definition) is 1. The van der Waals surface area contributed by atoms with Gasteiger partial charge in [0.05, 0.1) is 4.90 Å². The summed E-state index contributed by atoms with van der Waals surface area (Å²) in [6.07, 6.45) is 12.5. The van der Waals surface area contributed by atoms with E-state index in [-0.39, 0.29) is 57.1 Å².